The molecule has 11 heteroatoms. The molecule has 0 fully saturated rings. The van der Waals surface area contributed by atoms with E-state index in [2.05, 4.69) is 9.71 Å². The normalized spacial score (nSPS) is 11.7. The van der Waals surface area contributed by atoms with E-state index in [4.69, 9.17) is 9.88 Å². The summed E-state index contributed by atoms with van der Waals surface area (Å²) in [5.74, 6) is -0.403. The van der Waals surface area contributed by atoms with Crippen molar-refractivity contribution in [3.8, 4) is 34.2 Å². The summed E-state index contributed by atoms with van der Waals surface area (Å²) in [5, 5.41) is 26.4. The average Bonchev–Trinajstić information content (AvgIpc) is 3.24. The molecule has 0 bridgehead atoms. The van der Waals surface area contributed by atoms with Crippen LogP contribution in [0.3, 0.4) is 0 Å². The maximum atomic E-state index is 11.7. The summed E-state index contributed by atoms with van der Waals surface area (Å²) in [5.41, 5.74) is 2.19. The molecule has 0 amide bonds. The molecule has 0 spiro atoms. The Morgan fingerprint density at radius 3 is 2.60 bits per heavy atom. The smallest absolute Gasteiger partial charge is 0.298 e. The lowest BCUT2D eigenvalue weighted by atomic mass is 10.1. The van der Waals surface area contributed by atoms with Crippen LogP contribution in [0.4, 0.5) is 5.95 Å². The van der Waals surface area contributed by atoms with Crippen LogP contribution in [0.2, 0.25) is 0 Å². The Kier molecular flexibility index (Phi) is 4.56. The first-order valence-corrected chi connectivity index (χ1v) is 10.3. The minimum Gasteiger partial charge on any atom is -0.507 e. The van der Waals surface area contributed by atoms with Gasteiger partial charge in [-0.1, -0.05) is 0 Å². The van der Waals surface area contributed by atoms with Gasteiger partial charge in [0.05, 0.1) is 19.0 Å². The Balaban J connectivity index is 1.98. The fourth-order valence-corrected chi connectivity index (χ4v) is 3.74. The van der Waals surface area contributed by atoms with Gasteiger partial charge in [0.2, 0.25) is 5.95 Å². The minimum atomic E-state index is -4.11. The molecule has 4 aromatic rings. The third kappa shape index (κ3) is 3.40. The van der Waals surface area contributed by atoms with Crippen molar-refractivity contribution in [2.24, 2.45) is 12.2 Å². The van der Waals surface area contributed by atoms with E-state index in [1.54, 1.807) is 6.07 Å². The SMILES string of the molecule is COc1cc(-c2cnc(NS(N)(=O)=O)n2-c2ccc3c(ccn3C)c2)c(O)cc1O. The van der Waals surface area contributed by atoms with Gasteiger partial charge in [-0.15, -0.1) is 0 Å². The predicted octanol–water partition coefficient (Wildman–Crippen LogP) is 2.07. The Morgan fingerprint density at radius 2 is 1.90 bits per heavy atom. The molecule has 0 aliphatic heterocycles. The molecule has 5 N–H and O–H groups in total. The number of benzene rings is 2. The Hall–Kier alpha value is -3.70. The first-order valence-electron chi connectivity index (χ1n) is 8.72. The summed E-state index contributed by atoms with van der Waals surface area (Å²) < 4.78 is 34.1. The van der Waals surface area contributed by atoms with Crippen LogP contribution in [0.5, 0.6) is 17.2 Å². The van der Waals surface area contributed by atoms with Gasteiger partial charge in [-0.05, 0) is 30.3 Å². The molecule has 0 unspecified atom stereocenters. The summed E-state index contributed by atoms with van der Waals surface area (Å²) in [6, 6.07) is 10.0. The van der Waals surface area contributed by atoms with Gasteiger partial charge in [0.15, 0.2) is 11.5 Å². The number of nitrogens with two attached hydrogens (primary N) is 1. The number of nitrogens with zero attached hydrogens (tertiary/aromatic N) is 3. The van der Waals surface area contributed by atoms with E-state index in [-0.39, 0.29) is 28.8 Å². The number of phenols is 2. The lowest BCUT2D eigenvalue weighted by Gasteiger charge is -2.15. The fourth-order valence-electron chi connectivity index (χ4n) is 3.34. The van der Waals surface area contributed by atoms with Gasteiger partial charge in [-0.3, -0.25) is 4.57 Å². The molecule has 2 aromatic carbocycles. The van der Waals surface area contributed by atoms with Crippen LogP contribution in [0.15, 0.2) is 48.8 Å². The van der Waals surface area contributed by atoms with E-state index in [0.29, 0.717) is 11.4 Å². The molecular weight excluding hydrogens is 410 g/mol. The van der Waals surface area contributed by atoms with Crippen LogP contribution in [0, 0.1) is 0 Å². The zero-order chi connectivity index (χ0) is 21.6. The first kappa shape index (κ1) is 19.6. The topological polar surface area (TPSA) is 145 Å². The number of imidazole rings is 1. The van der Waals surface area contributed by atoms with E-state index in [9.17, 15) is 18.6 Å². The number of aromatic hydroxyl groups is 2. The van der Waals surface area contributed by atoms with Gasteiger partial charge >= 0.3 is 0 Å². The van der Waals surface area contributed by atoms with Crippen molar-refractivity contribution in [2.45, 2.75) is 0 Å². The van der Waals surface area contributed by atoms with Crippen molar-refractivity contribution in [1.29, 1.82) is 0 Å². The van der Waals surface area contributed by atoms with E-state index >= 15 is 0 Å². The van der Waals surface area contributed by atoms with E-state index in [0.717, 1.165) is 17.0 Å². The van der Waals surface area contributed by atoms with Crippen LogP contribution in [0.25, 0.3) is 27.8 Å². The van der Waals surface area contributed by atoms with Gasteiger partial charge in [0, 0.05) is 41.5 Å². The number of anilines is 1. The van der Waals surface area contributed by atoms with Crippen LogP contribution >= 0.6 is 0 Å². The van der Waals surface area contributed by atoms with Gasteiger partial charge < -0.3 is 19.5 Å². The van der Waals surface area contributed by atoms with Crippen LogP contribution in [-0.4, -0.2) is 39.9 Å². The fraction of sp³-hybridized carbons (Fsp3) is 0.105. The molecule has 2 heterocycles. The molecule has 0 saturated carbocycles. The Morgan fingerprint density at radius 1 is 1.13 bits per heavy atom. The number of methoxy groups -OCH3 is 1. The summed E-state index contributed by atoms with van der Waals surface area (Å²) in [6.07, 6.45) is 3.29. The van der Waals surface area contributed by atoms with E-state index < -0.39 is 10.2 Å². The Bertz CT molecular complexity index is 1370. The number of aryl methyl sites for hydroxylation is 1. The summed E-state index contributed by atoms with van der Waals surface area (Å²) in [6.45, 7) is 0. The van der Waals surface area contributed by atoms with E-state index in [1.807, 2.05) is 36.0 Å². The molecule has 30 heavy (non-hydrogen) atoms. The molecule has 0 radical (unpaired) electrons. The van der Waals surface area contributed by atoms with Crippen LogP contribution < -0.4 is 14.6 Å². The lowest BCUT2D eigenvalue weighted by Crippen LogP contribution is -2.23. The number of phenolic OH excluding ortho intramolecular Hbond substituents is 2. The molecule has 10 nitrogen and oxygen atoms in total. The maximum Gasteiger partial charge on any atom is 0.298 e. The number of ether oxygens (including phenoxy) is 1. The molecule has 156 valence electrons. The van der Waals surface area contributed by atoms with Crippen molar-refractivity contribution in [3.05, 3.63) is 48.8 Å². The predicted molar refractivity (Wildman–Crippen MR) is 112 cm³/mol. The second-order valence-electron chi connectivity index (χ2n) is 6.66. The highest BCUT2D eigenvalue weighted by Gasteiger charge is 2.21. The van der Waals surface area contributed by atoms with Crippen LogP contribution in [0.1, 0.15) is 0 Å². The first-order chi connectivity index (χ1) is 14.2. The molecule has 0 atom stereocenters. The van der Waals surface area contributed by atoms with Gasteiger partial charge in [-0.2, -0.15) is 8.42 Å². The minimum absolute atomic E-state index is 0.0609. The van der Waals surface area contributed by atoms with Crippen molar-refractivity contribution in [3.63, 3.8) is 0 Å². The van der Waals surface area contributed by atoms with Crippen molar-refractivity contribution >= 4 is 27.1 Å². The second kappa shape index (κ2) is 6.97. The summed E-state index contributed by atoms with van der Waals surface area (Å²) in [7, 11) is -0.814. The zero-order valence-corrected chi connectivity index (χ0v) is 16.9. The highest BCUT2D eigenvalue weighted by Crippen LogP contribution is 2.40. The number of hydrogen-bond donors (Lipinski definition) is 4. The number of fused-ring (bicyclic) bond motifs is 1. The Labute approximate surface area is 172 Å². The van der Waals surface area contributed by atoms with Crippen molar-refractivity contribution in [2.75, 3.05) is 11.8 Å². The highest BCUT2D eigenvalue weighted by molar-refractivity contribution is 7.90. The van der Waals surface area contributed by atoms with Gasteiger partial charge in [-0.25, -0.2) is 14.8 Å². The van der Waals surface area contributed by atoms with Crippen molar-refractivity contribution in [1.82, 2.24) is 14.1 Å². The van der Waals surface area contributed by atoms with Gasteiger partial charge in [0.25, 0.3) is 10.2 Å². The zero-order valence-electron chi connectivity index (χ0n) is 16.1. The molecular formula is C19H19N5O5S. The second-order valence-corrected chi connectivity index (χ2v) is 7.95. The largest absolute Gasteiger partial charge is 0.507 e. The molecule has 0 aliphatic rings. The molecule has 2 aromatic heterocycles. The number of aromatic nitrogens is 3. The van der Waals surface area contributed by atoms with E-state index in [1.165, 1.54) is 23.9 Å². The molecule has 4 rings (SSSR count). The molecule has 0 aliphatic carbocycles. The monoisotopic (exact) mass is 429 g/mol. The lowest BCUT2D eigenvalue weighted by molar-refractivity contribution is 0.370. The number of hydrogen-bond acceptors (Lipinski definition) is 6. The van der Waals surface area contributed by atoms with Crippen LogP contribution in [-0.2, 0) is 17.3 Å². The standard InChI is InChI=1S/C19H19N5O5S/c1-23-6-5-11-7-12(3-4-14(11)23)24-15(10-21-19(24)22-30(20,27)28)13-8-18(29-2)17(26)9-16(13)25/h3-10,25-26H,1-2H3,(H,21,22)(H2,20,27,28). The maximum absolute atomic E-state index is 11.7. The quantitative estimate of drug-likeness (QED) is 0.382. The third-order valence-corrected chi connectivity index (χ3v) is 5.16. The number of nitrogens with one attached hydrogen (secondary N) is 1. The van der Waals surface area contributed by atoms with Crippen molar-refractivity contribution < 1.29 is 23.4 Å². The summed E-state index contributed by atoms with van der Waals surface area (Å²) in [4.78, 5) is 4.13. The molecule has 0 saturated heterocycles. The number of rotatable bonds is 5. The third-order valence-electron chi connectivity index (χ3n) is 4.70. The van der Waals surface area contributed by atoms with Gasteiger partial charge in [0.1, 0.15) is 5.75 Å². The highest BCUT2D eigenvalue weighted by atomic mass is 32.2. The average molecular weight is 429 g/mol. The summed E-state index contributed by atoms with van der Waals surface area (Å²) >= 11 is 0.